The number of carbonyl (C=O) groups is 2. The molecule has 0 aliphatic rings. The number of carbonyl (C=O) groups excluding carboxylic acids is 1. The molecule has 14 heteroatoms. The molecule has 0 unspecified atom stereocenters. The van der Waals surface area contributed by atoms with E-state index in [0.717, 1.165) is 25.1 Å². The van der Waals surface area contributed by atoms with Gasteiger partial charge in [-0.3, -0.25) is 4.79 Å². The number of hydrogen-bond donors (Lipinski definition) is 2. The van der Waals surface area contributed by atoms with E-state index in [1.54, 1.807) is 12.1 Å². The van der Waals surface area contributed by atoms with Crippen LogP contribution in [0.2, 0.25) is 0 Å². The molecule has 0 heterocycles. The van der Waals surface area contributed by atoms with E-state index in [9.17, 15) is 9.59 Å². The number of esters is 1. The Morgan fingerprint density at radius 3 is 1.24 bits per heavy atom. The fourth-order valence-electron chi connectivity index (χ4n) is 3.43. The van der Waals surface area contributed by atoms with Crippen LogP contribution in [0.3, 0.4) is 0 Å². The molecular weight excluding hydrogens is 606 g/mol. The van der Waals surface area contributed by atoms with E-state index in [2.05, 4.69) is 12.2 Å². The second-order valence-corrected chi connectivity index (χ2v) is 9.65. The number of anilines is 1. The van der Waals surface area contributed by atoms with Crippen molar-refractivity contribution in [3.05, 3.63) is 29.8 Å². The van der Waals surface area contributed by atoms with Gasteiger partial charge in [0, 0.05) is 12.2 Å². The van der Waals surface area contributed by atoms with Crippen LogP contribution in [0.25, 0.3) is 0 Å². The highest BCUT2D eigenvalue weighted by molar-refractivity contribution is 5.89. The summed E-state index contributed by atoms with van der Waals surface area (Å²) in [4.78, 5) is 22.4. The molecule has 46 heavy (non-hydrogen) atoms. The first-order chi connectivity index (χ1) is 22.6. The average Bonchev–Trinajstić information content (AvgIpc) is 3.05. The first kappa shape index (κ1) is 41.6. The molecule has 0 aromatic heterocycles. The lowest BCUT2D eigenvalue weighted by atomic mass is 10.2. The molecule has 1 rings (SSSR count). The van der Waals surface area contributed by atoms with Crippen molar-refractivity contribution in [1.29, 1.82) is 0 Å². The molecule has 0 fully saturated rings. The largest absolute Gasteiger partial charge is 0.481 e. The number of aliphatic carboxylic acids is 1. The van der Waals surface area contributed by atoms with E-state index >= 15 is 0 Å². The molecule has 0 saturated heterocycles. The molecule has 2 N–H and O–H groups in total. The zero-order valence-corrected chi connectivity index (χ0v) is 27.4. The summed E-state index contributed by atoms with van der Waals surface area (Å²) in [6.45, 7) is 10.9. The Kier molecular flexibility index (Phi) is 29.4. The second kappa shape index (κ2) is 32.5. The predicted molar refractivity (Wildman–Crippen MR) is 170 cm³/mol. The zero-order valence-electron chi connectivity index (χ0n) is 27.4. The van der Waals surface area contributed by atoms with Gasteiger partial charge in [0.2, 0.25) is 0 Å². The van der Waals surface area contributed by atoms with Crippen LogP contribution in [0.5, 0.6) is 0 Å². The van der Waals surface area contributed by atoms with Crippen molar-refractivity contribution in [2.75, 3.05) is 137 Å². The van der Waals surface area contributed by atoms with Gasteiger partial charge in [-0.25, -0.2) is 4.79 Å². The first-order valence-corrected chi connectivity index (χ1v) is 16.1. The quantitative estimate of drug-likeness (QED) is 0.0808. The molecule has 0 spiro atoms. The number of carboxylic acid groups (broad SMARTS) is 1. The zero-order chi connectivity index (χ0) is 33.2. The molecule has 0 amide bonds. The van der Waals surface area contributed by atoms with Gasteiger partial charge < -0.3 is 57.8 Å². The van der Waals surface area contributed by atoms with Crippen LogP contribution >= 0.6 is 0 Å². The maximum Gasteiger partial charge on any atom is 0.338 e. The van der Waals surface area contributed by atoms with Crippen LogP contribution in [0, 0.1) is 0 Å². The molecule has 0 atom stereocenters. The Balaban J connectivity index is 1.72. The number of benzene rings is 1. The standard InChI is InChI=1S/C32H55NO13/c1-2-3-9-33-30-6-4-29(5-7-30)32(36)46-28-27-45-26-25-44-24-23-43-22-21-42-20-19-41-18-17-40-16-15-39-14-13-38-12-11-37-10-8-31(34)35/h4-7,33H,2-3,8-28H2,1H3,(H,34,35). The lowest BCUT2D eigenvalue weighted by Crippen LogP contribution is -2.15. The van der Waals surface area contributed by atoms with Crippen LogP contribution in [-0.2, 0) is 52.2 Å². The molecular formula is C32H55NO13. The molecule has 0 aliphatic heterocycles. The molecule has 0 bridgehead atoms. The van der Waals surface area contributed by atoms with Crippen LogP contribution in [0.4, 0.5) is 5.69 Å². The van der Waals surface area contributed by atoms with Crippen molar-refractivity contribution in [2.24, 2.45) is 0 Å². The Bertz CT molecular complexity index is 829. The summed E-state index contributed by atoms with van der Waals surface area (Å²) in [5.74, 6) is -1.24. The lowest BCUT2D eigenvalue weighted by molar-refractivity contribution is -0.138. The summed E-state index contributed by atoms with van der Waals surface area (Å²) < 4.78 is 53.7. The van der Waals surface area contributed by atoms with Gasteiger partial charge >= 0.3 is 11.9 Å². The van der Waals surface area contributed by atoms with Crippen molar-refractivity contribution >= 4 is 17.6 Å². The number of hydrogen-bond acceptors (Lipinski definition) is 13. The fourth-order valence-corrected chi connectivity index (χ4v) is 3.43. The topological polar surface area (TPSA) is 159 Å². The summed E-state index contributed by atoms with van der Waals surface area (Å²) in [5, 5.41) is 11.8. The Hall–Kier alpha value is -2.40. The van der Waals surface area contributed by atoms with Crippen LogP contribution in [0.1, 0.15) is 36.5 Å². The minimum absolute atomic E-state index is 0.00588. The predicted octanol–water partition coefficient (Wildman–Crippen LogP) is 2.68. The summed E-state index contributed by atoms with van der Waals surface area (Å²) in [6, 6.07) is 7.27. The number of unbranched alkanes of at least 4 members (excludes halogenated alkanes) is 1. The van der Waals surface area contributed by atoms with Crippen LogP contribution < -0.4 is 5.32 Å². The van der Waals surface area contributed by atoms with Gasteiger partial charge in [-0.15, -0.1) is 0 Å². The summed E-state index contributed by atoms with van der Waals surface area (Å²) >= 11 is 0. The number of nitrogens with one attached hydrogen (secondary N) is 1. The molecule has 266 valence electrons. The molecule has 1 aromatic carbocycles. The van der Waals surface area contributed by atoms with E-state index in [-0.39, 0.29) is 25.6 Å². The van der Waals surface area contributed by atoms with Crippen LogP contribution in [-0.4, -0.2) is 149 Å². The third-order valence-electron chi connectivity index (χ3n) is 5.88. The SMILES string of the molecule is CCCCNc1ccc(C(=O)OCCOCCOCCOCCOCCOCCOCCOCCOCCOCCC(=O)O)cc1. The fraction of sp³-hybridized carbons (Fsp3) is 0.750. The number of carboxylic acids is 1. The van der Waals surface area contributed by atoms with E-state index in [1.165, 1.54) is 0 Å². The molecule has 0 saturated carbocycles. The van der Waals surface area contributed by atoms with E-state index < -0.39 is 5.97 Å². The molecule has 1 aromatic rings. The van der Waals surface area contributed by atoms with E-state index in [1.807, 2.05) is 12.1 Å². The van der Waals surface area contributed by atoms with Gasteiger partial charge in [-0.2, -0.15) is 0 Å². The van der Waals surface area contributed by atoms with E-state index in [4.69, 9.17) is 52.5 Å². The van der Waals surface area contributed by atoms with Gasteiger partial charge in [0.25, 0.3) is 0 Å². The molecule has 0 aliphatic carbocycles. The summed E-state index contributed by atoms with van der Waals surface area (Å²) in [6.07, 6.45) is 2.23. The van der Waals surface area contributed by atoms with Crippen molar-refractivity contribution in [3.63, 3.8) is 0 Å². The normalized spacial score (nSPS) is 11.2. The average molecular weight is 662 g/mol. The van der Waals surface area contributed by atoms with Gasteiger partial charge in [0.05, 0.1) is 131 Å². The first-order valence-electron chi connectivity index (χ1n) is 16.1. The third-order valence-corrected chi connectivity index (χ3v) is 5.88. The van der Waals surface area contributed by atoms with Gasteiger partial charge in [-0.05, 0) is 30.7 Å². The monoisotopic (exact) mass is 661 g/mol. The summed E-state index contributed by atoms with van der Waals surface area (Å²) in [7, 11) is 0. The highest BCUT2D eigenvalue weighted by Crippen LogP contribution is 2.10. The third kappa shape index (κ3) is 27.9. The smallest absolute Gasteiger partial charge is 0.338 e. The van der Waals surface area contributed by atoms with Gasteiger partial charge in [-0.1, -0.05) is 13.3 Å². The summed E-state index contributed by atoms with van der Waals surface area (Å²) in [5.41, 5.74) is 1.50. The van der Waals surface area contributed by atoms with Crippen molar-refractivity contribution in [1.82, 2.24) is 0 Å². The molecule has 14 nitrogen and oxygen atoms in total. The highest BCUT2D eigenvalue weighted by Gasteiger charge is 2.07. The Labute approximate surface area is 273 Å². The minimum Gasteiger partial charge on any atom is -0.481 e. The van der Waals surface area contributed by atoms with Crippen molar-refractivity contribution in [2.45, 2.75) is 26.2 Å². The van der Waals surface area contributed by atoms with Crippen molar-refractivity contribution in [3.8, 4) is 0 Å². The van der Waals surface area contributed by atoms with Crippen LogP contribution in [0.15, 0.2) is 24.3 Å². The maximum absolute atomic E-state index is 12.1. The second-order valence-electron chi connectivity index (χ2n) is 9.65. The number of ether oxygens (including phenoxy) is 10. The minimum atomic E-state index is -0.877. The highest BCUT2D eigenvalue weighted by atomic mass is 16.6. The lowest BCUT2D eigenvalue weighted by Gasteiger charge is -2.09. The van der Waals surface area contributed by atoms with Gasteiger partial charge in [0.15, 0.2) is 0 Å². The number of rotatable bonds is 35. The van der Waals surface area contributed by atoms with E-state index in [0.29, 0.717) is 118 Å². The van der Waals surface area contributed by atoms with Crippen molar-refractivity contribution < 1.29 is 62.1 Å². The maximum atomic E-state index is 12.1. The molecule has 0 radical (unpaired) electrons. The van der Waals surface area contributed by atoms with Gasteiger partial charge in [0.1, 0.15) is 6.61 Å². The Morgan fingerprint density at radius 1 is 0.543 bits per heavy atom. The Morgan fingerprint density at radius 2 is 0.891 bits per heavy atom.